The Morgan fingerprint density at radius 2 is 1.31 bits per heavy atom. The first-order chi connectivity index (χ1) is 29.2. The van der Waals surface area contributed by atoms with Gasteiger partial charge in [-0.1, -0.05) is 48.5 Å². The number of fused-ring (bicyclic) bond motifs is 1. The van der Waals surface area contributed by atoms with Crippen molar-refractivity contribution in [1.82, 2.24) is 41.5 Å². The fraction of sp³-hybridized carbons (Fsp3) is 0.415. The fourth-order valence-corrected chi connectivity index (χ4v) is 6.57. The molecule has 61 heavy (non-hydrogen) atoms. The quantitative estimate of drug-likeness (QED) is 0.0204. The minimum atomic E-state index is -1.26. The van der Waals surface area contributed by atoms with E-state index < -0.39 is 71.7 Å². The fourth-order valence-electron chi connectivity index (χ4n) is 6.57. The zero-order valence-corrected chi connectivity index (χ0v) is 34.2. The molecule has 6 atom stereocenters. The number of para-hydroxylation sites is 1. The number of aromatic nitrogens is 3. The second kappa shape index (κ2) is 23.7. The highest BCUT2D eigenvalue weighted by Crippen LogP contribution is 2.20. The highest BCUT2D eigenvalue weighted by Gasteiger charge is 2.32. The molecular weight excluding hydrogens is 785 g/mol. The Hall–Kier alpha value is -6.80. The third-order valence-electron chi connectivity index (χ3n) is 9.92. The Morgan fingerprint density at radius 3 is 1.98 bits per heavy atom. The number of hydrogen-bond acceptors (Lipinski definition) is 10. The first-order valence-corrected chi connectivity index (χ1v) is 20.1. The summed E-state index contributed by atoms with van der Waals surface area (Å²) in [6.07, 6.45) is 6.68. The van der Waals surface area contributed by atoms with Gasteiger partial charge in [0, 0.05) is 54.8 Å². The lowest BCUT2D eigenvalue weighted by Gasteiger charge is -2.26. The number of nitrogens with zero attached hydrogens (tertiary/aromatic N) is 2. The Balaban J connectivity index is 1.55. The zero-order valence-electron chi connectivity index (χ0n) is 34.2. The number of H-pyrrole nitrogens is 2. The number of carbonyl (C=O) groups excluding carboxylic acids is 6. The van der Waals surface area contributed by atoms with Gasteiger partial charge in [0.05, 0.1) is 12.4 Å². The van der Waals surface area contributed by atoms with Gasteiger partial charge in [-0.3, -0.25) is 33.8 Å². The second-order valence-electron chi connectivity index (χ2n) is 14.8. The zero-order chi connectivity index (χ0) is 44.3. The minimum Gasteiger partial charge on any atom is -0.370 e. The Kier molecular flexibility index (Phi) is 18.2. The number of guanidine groups is 1. The van der Waals surface area contributed by atoms with Crippen LogP contribution in [0, 0.1) is 0 Å². The van der Waals surface area contributed by atoms with Crippen LogP contribution in [0.5, 0.6) is 0 Å². The van der Waals surface area contributed by atoms with Crippen molar-refractivity contribution >= 4 is 52.3 Å². The molecule has 0 aliphatic rings. The molecule has 17 N–H and O–H groups in total. The van der Waals surface area contributed by atoms with Crippen LogP contribution in [-0.2, 0) is 48.0 Å². The molecule has 0 aliphatic heterocycles. The van der Waals surface area contributed by atoms with E-state index in [1.54, 1.807) is 30.5 Å². The highest BCUT2D eigenvalue weighted by molar-refractivity contribution is 5.97. The summed E-state index contributed by atoms with van der Waals surface area (Å²) in [6.45, 7) is 2.00. The summed E-state index contributed by atoms with van der Waals surface area (Å²) in [7, 11) is 0. The number of unbranched alkanes of at least 4 members (excludes halogenated alkanes) is 1. The third-order valence-corrected chi connectivity index (χ3v) is 9.92. The molecule has 2 aromatic carbocycles. The number of hydrogen-bond donors (Lipinski definition) is 12. The molecule has 4 rings (SSSR count). The van der Waals surface area contributed by atoms with Gasteiger partial charge in [-0.05, 0) is 62.8 Å². The molecule has 2 aromatic heterocycles. The maximum Gasteiger partial charge on any atom is 0.243 e. The number of aromatic amines is 2. The summed E-state index contributed by atoms with van der Waals surface area (Å²) in [5.74, 6) is -4.26. The van der Waals surface area contributed by atoms with Gasteiger partial charge in [0.2, 0.25) is 35.4 Å². The van der Waals surface area contributed by atoms with E-state index in [4.69, 9.17) is 28.7 Å². The van der Waals surface area contributed by atoms with Crippen LogP contribution in [0.4, 0.5) is 0 Å². The lowest BCUT2D eigenvalue weighted by Crippen LogP contribution is -2.59. The smallest absolute Gasteiger partial charge is 0.243 e. The molecule has 0 saturated carbocycles. The van der Waals surface area contributed by atoms with E-state index in [1.807, 2.05) is 30.3 Å². The predicted octanol–water partition coefficient (Wildman–Crippen LogP) is -1.64. The Bertz CT molecular complexity index is 2090. The Labute approximate surface area is 353 Å². The summed E-state index contributed by atoms with van der Waals surface area (Å²) in [4.78, 5) is 95.1. The minimum absolute atomic E-state index is 0.0113. The van der Waals surface area contributed by atoms with Crippen LogP contribution < -0.4 is 55.3 Å². The Morgan fingerprint density at radius 1 is 0.689 bits per heavy atom. The topological polar surface area (TPSA) is 349 Å². The molecule has 6 amide bonds. The van der Waals surface area contributed by atoms with E-state index in [0.29, 0.717) is 37.1 Å². The number of nitrogens with two attached hydrogens (primary N) is 5. The SMILES string of the molecule is C[C@H](NC(=O)[C@@H](CCCN=C(N)N)NC(=O)[C@@H](N)Cc1cnc[nH]1)C(=O)N[C@@H](Cc1c[nH]c2ccccc12)C(=O)N[C@H](Cc1ccccc1)C(=O)N[C@@H](CCCCN)C(N)=O. The van der Waals surface area contributed by atoms with Gasteiger partial charge < -0.3 is 65.2 Å². The van der Waals surface area contributed by atoms with Crippen LogP contribution in [-0.4, -0.2) is 106 Å². The van der Waals surface area contributed by atoms with Gasteiger partial charge in [0.1, 0.15) is 30.2 Å². The number of primary amides is 1. The molecule has 20 heteroatoms. The molecule has 20 nitrogen and oxygen atoms in total. The van der Waals surface area contributed by atoms with Gasteiger partial charge >= 0.3 is 0 Å². The lowest BCUT2D eigenvalue weighted by molar-refractivity contribution is -0.135. The normalized spacial score (nSPS) is 14.0. The summed E-state index contributed by atoms with van der Waals surface area (Å²) in [5, 5.41) is 14.3. The predicted molar refractivity (Wildman–Crippen MR) is 230 cm³/mol. The summed E-state index contributed by atoms with van der Waals surface area (Å²) in [6, 6.07) is 9.56. The van der Waals surface area contributed by atoms with Crippen molar-refractivity contribution in [2.75, 3.05) is 13.1 Å². The standard InChI is InChI=1S/C41H58N14O6/c1-24(51-38(59)32(15-9-17-48-41(45)46)53-37(58)29(43)20-27-22-47-23-50-27)36(57)54-34(19-26-21-49-30-13-6-5-12-28(26)30)40(61)55-33(18-25-10-3-2-4-11-25)39(60)52-31(35(44)56)14-7-8-16-42/h2-6,10-13,21-24,29,31-34,49H,7-9,14-20,42-43H2,1H3,(H2,44,56)(H,47,50)(H,51,59)(H,52,60)(H,53,58)(H,54,57)(H,55,61)(H4,45,46,48)/t24-,29-,31-,32+,33+,34-/m0/s1. The molecule has 328 valence electrons. The molecule has 0 aliphatic carbocycles. The largest absolute Gasteiger partial charge is 0.370 e. The van der Waals surface area contributed by atoms with Crippen LogP contribution in [0.2, 0.25) is 0 Å². The molecule has 0 saturated heterocycles. The van der Waals surface area contributed by atoms with E-state index in [-0.39, 0.29) is 44.6 Å². The molecule has 0 radical (unpaired) electrons. The van der Waals surface area contributed by atoms with Crippen LogP contribution in [0.25, 0.3) is 10.9 Å². The van der Waals surface area contributed by atoms with Crippen molar-refractivity contribution < 1.29 is 28.8 Å². The van der Waals surface area contributed by atoms with Crippen LogP contribution in [0.3, 0.4) is 0 Å². The molecule has 0 spiro atoms. The number of carbonyl (C=O) groups is 6. The monoisotopic (exact) mass is 842 g/mol. The second-order valence-corrected chi connectivity index (χ2v) is 14.8. The molecule has 0 fully saturated rings. The van der Waals surface area contributed by atoms with E-state index in [0.717, 1.165) is 16.5 Å². The van der Waals surface area contributed by atoms with Crippen molar-refractivity contribution in [3.63, 3.8) is 0 Å². The maximum absolute atomic E-state index is 14.3. The van der Waals surface area contributed by atoms with Crippen molar-refractivity contribution in [3.8, 4) is 0 Å². The number of aliphatic imine (C=N–C) groups is 1. The van der Waals surface area contributed by atoms with Gasteiger partial charge in [0.15, 0.2) is 5.96 Å². The first-order valence-electron chi connectivity index (χ1n) is 20.1. The van der Waals surface area contributed by atoms with Gasteiger partial charge in [0.25, 0.3) is 0 Å². The number of rotatable bonds is 25. The molecular formula is C41H58N14O6. The van der Waals surface area contributed by atoms with E-state index in [1.165, 1.54) is 19.4 Å². The number of amides is 6. The van der Waals surface area contributed by atoms with Gasteiger partial charge in [-0.15, -0.1) is 0 Å². The van der Waals surface area contributed by atoms with E-state index in [2.05, 4.69) is 46.5 Å². The summed E-state index contributed by atoms with van der Waals surface area (Å²) < 4.78 is 0. The molecule has 4 aromatic rings. The molecule has 0 bridgehead atoms. The number of imidazole rings is 1. The third kappa shape index (κ3) is 15.1. The van der Waals surface area contributed by atoms with Gasteiger partial charge in [-0.25, -0.2) is 4.98 Å². The molecule has 2 heterocycles. The highest BCUT2D eigenvalue weighted by atomic mass is 16.2. The average molecular weight is 843 g/mol. The van der Waals surface area contributed by atoms with Crippen LogP contribution in [0.1, 0.15) is 55.8 Å². The number of nitrogens with one attached hydrogen (secondary N) is 7. The van der Waals surface area contributed by atoms with Gasteiger partial charge in [-0.2, -0.15) is 0 Å². The first kappa shape index (κ1) is 46.9. The van der Waals surface area contributed by atoms with Crippen molar-refractivity contribution in [3.05, 3.63) is 90.1 Å². The van der Waals surface area contributed by atoms with Crippen molar-refractivity contribution in [1.29, 1.82) is 0 Å². The van der Waals surface area contributed by atoms with E-state index in [9.17, 15) is 28.8 Å². The molecule has 0 unspecified atom stereocenters. The maximum atomic E-state index is 14.3. The lowest BCUT2D eigenvalue weighted by atomic mass is 10.0. The summed E-state index contributed by atoms with van der Waals surface area (Å²) >= 11 is 0. The van der Waals surface area contributed by atoms with Crippen LogP contribution >= 0.6 is 0 Å². The van der Waals surface area contributed by atoms with Crippen molar-refractivity contribution in [2.45, 2.75) is 94.5 Å². The van der Waals surface area contributed by atoms with Crippen LogP contribution in [0.15, 0.2) is 78.3 Å². The average Bonchev–Trinajstić information content (AvgIpc) is 3.91. The van der Waals surface area contributed by atoms with E-state index >= 15 is 0 Å². The summed E-state index contributed by atoms with van der Waals surface area (Å²) in [5.41, 5.74) is 31.1. The van der Waals surface area contributed by atoms with Crippen molar-refractivity contribution in [2.24, 2.45) is 33.7 Å². The number of benzene rings is 2.